The molecule has 1 aliphatic heterocycles. The molecule has 1 aromatic carbocycles. The molecule has 9 nitrogen and oxygen atoms in total. The van der Waals surface area contributed by atoms with Crippen molar-refractivity contribution in [3.63, 3.8) is 0 Å². The third-order valence-corrected chi connectivity index (χ3v) is 5.59. The Morgan fingerprint density at radius 1 is 1.12 bits per heavy atom. The summed E-state index contributed by atoms with van der Waals surface area (Å²) in [5, 5.41) is 3.33. The third kappa shape index (κ3) is 4.33. The molecule has 0 saturated carbocycles. The van der Waals surface area contributed by atoms with Crippen LogP contribution in [0.1, 0.15) is 12.5 Å². The van der Waals surface area contributed by atoms with Crippen LogP contribution >= 0.6 is 0 Å². The van der Waals surface area contributed by atoms with E-state index in [1.54, 1.807) is 6.92 Å². The van der Waals surface area contributed by atoms with Gasteiger partial charge in [-0.15, -0.1) is 5.92 Å². The van der Waals surface area contributed by atoms with E-state index in [9.17, 15) is 9.59 Å². The van der Waals surface area contributed by atoms with E-state index in [2.05, 4.69) is 22.1 Å². The van der Waals surface area contributed by atoms with E-state index in [1.807, 2.05) is 34.9 Å². The number of nitrogens with zero attached hydrogens (tertiary/aromatic N) is 5. The van der Waals surface area contributed by atoms with Crippen LogP contribution in [0.3, 0.4) is 0 Å². The molecule has 0 unspecified atom stereocenters. The Morgan fingerprint density at radius 2 is 1.88 bits per heavy atom. The van der Waals surface area contributed by atoms with Gasteiger partial charge in [0.05, 0.1) is 26.3 Å². The van der Waals surface area contributed by atoms with Crippen molar-refractivity contribution < 1.29 is 4.74 Å². The monoisotopic (exact) mass is 436 g/mol. The molecule has 1 fully saturated rings. The number of anilines is 1. The van der Waals surface area contributed by atoms with Gasteiger partial charge in [0, 0.05) is 33.2 Å². The van der Waals surface area contributed by atoms with Gasteiger partial charge < -0.3 is 15.0 Å². The van der Waals surface area contributed by atoms with Crippen molar-refractivity contribution in [2.24, 2.45) is 7.05 Å². The molecule has 9 heteroatoms. The van der Waals surface area contributed by atoms with Crippen molar-refractivity contribution in [2.75, 3.05) is 37.7 Å². The number of piperazine rings is 1. The average molecular weight is 437 g/mol. The average Bonchev–Trinajstić information content (AvgIpc) is 3.21. The van der Waals surface area contributed by atoms with E-state index in [1.165, 1.54) is 11.6 Å². The van der Waals surface area contributed by atoms with Gasteiger partial charge in [0.2, 0.25) is 5.95 Å². The molecular weight excluding hydrogens is 408 g/mol. The van der Waals surface area contributed by atoms with E-state index >= 15 is 0 Å². The number of fused-ring (bicyclic) bond motifs is 1. The molecule has 32 heavy (non-hydrogen) atoms. The second kappa shape index (κ2) is 9.85. The number of aromatic nitrogens is 4. The van der Waals surface area contributed by atoms with Crippen molar-refractivity contribution in [1.29, 1.82) is 0 Å². The zero-order chi connectivity index (χ0) is 22.5. The maximum absolute atomic E-state index is 13.1. The van der Waals surface area contributed by atoms with Crippen LogP contribution in [-0.2, 0) is 31.5 Å². The summed E-state index contributed by atoms with van der Waals surface area (Å²) in [5.74, 6) is 6.61. The molecule has 168 valence electrons. The summed E-state index contributed by atoms with van der Waals surface area (Å²) in [6, 6.07) is 9.87. The molecule has 3 heterocycles. The summed E-state index contributed by atoms with van der Waals surface area (Å²) in [7, 11) is 1.50. The summed E-state index contributed by atoms with van der Waals surface area (Å²) in [6.45, 7) is 6.40. The summed E-state index contributed by atoms with van der Waals surface area (Å²) < 4.78 is 10.3. The molecular formula is C23H28N6O3. The summed E-state index contributed by atoms with van der Waals surface area (Å²) >= 11 is 0. The zero-order valence-corrected chi connectivity index (χ0v) is 18.5. The highest BCUT2D eigenvalue weighted by Gasteiger charge is 2.24. The van der Waals surface area contributed by atoms with Crippen molar-refractivity contribution in [1.82, 2.24) is 24.0 Å². The second-order valence-electron chi connectivity index (χ2n) is 7.67. The van der Waals surface area contributed by atoms with Crippen LogP contribution in [0.5, 0.6) is 0 Å². The molecule has 3 aromatic rings. The minimum atomic E-state index is -0.399. The van der Waals surface area contributed by atoms with E-state index in [0.29, 0.717) is 43.4 Å². The van der Waals surface area contributed by atoms with Crippen LogP contribution in [-0.4, -0.2) is 51.5 Å². The van der Waals surface area contributed by atoms with E-state index in [0.717, 1.165) is 36.3 Å². The van der Waals surface area contributed by atoms with Gasteiger partial charge in [-0.3, -0.25) is 18.5 Å². The lowest BCUT2D eigenvalue weighted by molar-refractivity contribution is 0.112. The number of rotatable bonds is 7. The Kier molecular flexibility index (Phi) is 6.73. The van der Waals surface area contributed by atoms with Crippen molar-refractivity contribution >= 4 is 17.1 Å². The first-order valence-corrected chi connectivity index (χ1v) is 10.8. The fraction of sp³-hybridized carbons (Fsp3) is 0.435. The Hall–Kier alpha value is -3.35. The number of ether oxygens (including phenoxy) is 1. The zero-order valence-electron chi connectivity index (χ0n) is 18.5. The molecule has 0 atom stereocenters. The smallest absolute Gasteiger partial charge is 0.332 e. The number of hydrogen-bond donors (Lipinski definition) is 1. The molecule has 4 rings (SSSR count). The lowest BCUT2D eigenvalue weighted by Gasteiger charge is -2.28. The van der Waals surface area contributed by atoms with E-state index < -0.39 is 5.69 Å². The van der Waals surface area contributed by atoms with Gasteiger partial charge in [-0.05, 0) is 12.5 Å². The maximum Gasteiger partial charge on any atom is 0.332 e. The van der Waals surface area contributed by atoms with Crippen LogP contribution < -0.4 is 21.5 Å². The minimum Gasteiger partial charge on any atom is -0.375 e. The Balaban J connectivity index is 1.71. The summed E-state index contributed by atoms with van der Waals surface area (Å²) in [6.07, 6.45) is 0. The number of imidazole rings is 1. The normalized spacial score (nSPS) is 13.9. The van der Waals surface area contributed by atoms with Crippen molar-refractivity contribution in [2.45, 2.75) is 26.6 Å². The lowest BCUT2D eigenvalue weighted by Crippen LogP contribution is -2.44. The SMILES string of the molecule is CC#CCn1c(N2CCNCC2)nc2c1c(=O)n(C)c(=O)n2CCOCc1ccccc1. The second-order valence-corrected chi connectivity index (χ2v) is 7.67. The quantitative estimate of drug-likeness (QED) is 0.430. The predicted octanol–water partition coefficient (Wildman–Crippen LogP) is 0.546. The molecule has 1 N–H and O–H groups in total. The predicted molar refractivity (Wildman–Crippen MR) is 124 cm³/mol. The van der Waals surface area contributed by atoms with Crippen LogP contribution in [0.4, 0.5) is 5.95 Å². The van der Waals surface area contributed by atoms with Crippen LogP contribution in [0, 0.1) is 11.8 Å². The topological polar surface area (TPSA) is 86.3 Å². The van der Waals surface area contributed by atoms with Crippen molar-refractivity contribution in [3.8, 4) is 11.8 Å². The van der Waals surface area contributed by atoms with Crippen LogP contribution in [0.2, 0.25) is 0 Å². The van der Waals surface area contributed by atoms with E-state index in [-0.39, 0.29) is 5.56 Å². The largest absolute Gasteiger partial charge is 0.375 e. The maximum atomic E-state index is 13.1. The van der Waals surface area contributed by atoms with E-state index in [4.69, 9.17) is 9.72 Å². The van der Waals surface area contributed by atoms with Crippen molar-refractivity contribution in [3.05, 3.63) is 56.7 Å². The van der Waals surface area contributed by atoms with Gasteiger partial charge in [0.15, 0.2) is 11.2 Å². The first-order chi connectivity index (χ1) is 15.6. The van der Waals surface area contributed by atoms with Gasteiger partial charge in [-0.2, -0.15) is 4.98 Å². The van der Waals surface area contributed by atoms with Gasteiger partial charge in [0.25, 0.3) is 5.56 Å². The van der Waals surface area contributed by atoms with Gasteiger partial charge in [0.1, 0.15) is 0 Å². The van der Waals surface area contributed by atoms with Gasteiger partial charge >= 0.3 is 5.69 Å². The molecule has 0 aliphatic carbocycles. The summed E-state index contributed by atoms with van der Waals surface area (Å²) in [4.78, 5) is 32.9. The minimum absolute atomic E-state index is 0.299. The Labute approximate surface area is 186 Å². The first kappa shape index (κ1) is 21.9. The molecule has 1 aliphatic rings. The molecule has 1 saturated heterocycles. The summed E-state index contributed by atoms with van der Waals surface area (Å²) in [5.41, 5.74) is 1.08. The van der Waals surface area contributed by atoms with Crippen LogP contribution in [0.15, 0.2) is 39.9 Å². The highest BCUT2D eigenvalue weighted by molar-refractivity contribution is 5.75. The Morgan fingerprint density at radius 3 is 2.59 bits per heavy atom. The first-order valence-electron chi connectivity index (χ1n) is 10.8. The van der Waals surface area contributed by atoms with Gasteiger partial charge in [-0.25, -0.2) is 4.79 Å². The molecule has 0 spiro atoms. The highest BCUT2D eigenvalue weighted by Crippen LogP contribution is 2.20. The fourth-order valence-electron chi connectivity index (χ4n) is 3.88. The number of hydrogen-bond acceptors (Lipinski definition) is 6. The van der Waals surface area contributed by atoms with Crippen LogP contribution in [0.25, 0.3) is 11.2 Å². The number of nitrogens with one attached hydrogen (secondary N) is 1. The Bertz CT molecular complexity index is 1260. The third-order valence-electron chi connectivity index (χ3n) is 5.59. The lowest BCUT2D eigenvalue weighted by atomic mass is 10.2. The fourth-order valence-corrected chi connectivity index (χ4v) is 3.88. The highest BCUT2D eigenvalue weighted by atomic mass is 16.5. The molecule has 0 radical (unpaired) electrons. The molecule has 0 bridgehead atoms. The molecule has 0 amide bonds. The number of benzene rings is 1. The molecule has 2 aromatic heterocycles. The standard InChI is InChI=1S/C23H28N6O3/c1-3-4-12-28-19-20(25-22(28)27-13-10-24-11-14-27)29(23(31)26(2)21(19)30)15-16-32-17-18-8-6-5-7-9-18/h5-9,24H,10-17H2,1-2H3. The van der Waals surface area contributed by atoms with Gasteiger partial charge in [-0.1, -0.05) is 36.3 Å².